The third kappa shape index (κ3) is 4.41. The Balaban J connectivity index is 2.28. The van der Waals surface area contributed by atoms with Crippen LogP contribution in [-0.2, 0) is 0 Å². The number of rotatable bonds is 8. The van der Waals surface area contributed by atoms with Crippen molar-refractivity contribution in [2.75, 3.05) is 19.6 Å². The number of carbonyl (C=O) groups is 1. The molecule has 6 heteroatoms. The Morgan fingerprint density at radius 2 is 1.92 bits per heavy atom. The molecule has 2 rings (SSSR count). The molecule has 144 valence electrons. The van der Waals surface area contributed by atoms with Crippen LogP contribution in [0, 0.1) is 0 Å². The lowest BCUT2D eigenvalue weighted by atomic mass is 10.0. The van der Waals surface area contributed by atoms with E-state index in [9.17, 15) is 4.79 Å². The molecule has 0 aliphatic rings. The van der Waals surface area contributed by atoms with Crippen LogP contribution in [0.5, 0.6) is 0 Å². The van der Waals surface area contributed by atoms with Crippen LogP contribution in [0.1, 0.15) is 76.5 Å². The van der Waals surface area contributed by atoms with Crippen molar-refractivity contribution in [1.82, 2.24) is 25.0 Å². The van der Waals surface area contributed by atoms with E-state index >= 15 is 0 Å². The Labute approximate surface area is 157 Å². The number of aromatic nitrogens is 3. The fourth-order valence-electron chi connectivity index (χ4n) is 3.09. The van der Waals surface area contributed by atoms with E-state index in [0.717, 1.165) is 29.8 Å². The van der Waals surface area contributed by atoms with Crippen molar-refractivity contribution in [3.8, 4) is 0 Å². The van der Waals surface area contributed by atoms with E-state index in [0.29, 0.717) is 18.2 Å². The fourth-order valence-corrected chi connectivity index (χ4v) is 3.09. The van der Waals surface area contributed by atoms with Gasteiger partial charge >= 0.3 is 0 Å². The molecule has 0 unspecified atom stereocenters. The first kappa shape index (κ1) is 20.4. The minimum Gasteiger partial charge on any atom is -0.351 e. The predicted octanol–water partition coefficient (Wildman–Crippen LogP) is 3.60. The first-order valence-electron chi connectivity index (χ1n) is 9.66. The summed E-state index contributed by atoms with van der Waals surface area (Å²) in [5, 5.41) is 8.34. The number of amides is 1. The van der Waals surface area contributed by atoms with Crippen molar-refractivity contribution in [3.63, 3.8) is 0 Å². The van der Waals surface area contributed by atoms with E-state index in [1.165, 1.54) is 0 Å². The van der Waals surface area contributed by atoms with Gasteiger partial charge < -0.3 is 5.32 Å². The zero-order valence-electron chi connectivity index (χ0n) is 17.2. The van der Waals surface area contributed by atoms with Crippen molar-refractivity contribution < 1.29 is 4.79 Å². The van der Waals surface area contributed by atoms with E-state index in [-0.39, 0.29) is 17.9 Å². The third-order valence-electron chi connectivity index (χ3n) is 4.73. The molecule has 0 atom stereocenters. The third-order valence-corrected chi connectivity index (χ3v) is 4.73. The molecule has 0 saturated heterocycles. The van der Waals surface area contributed by atoms with Crippen LogP contribution in [0.2, 0.25) is 0 Å². The second-order valence-corrected chi connectivity index (χ2v) is 7.65. The van der Waals surface area contributed by atoms with E-state index < -0.39 is 0 Å². The highest BCUT2D eigenvalue weighted by Crippen LogP contribution is 2.24. The summed E-state index contributed by atoms with van der Waals surface area (Å²) in [4.78, 5) is 19.9. The highest BCUT2D eigenvalue weighted by molar-refractivity contribution is 6.05. The lowest BCUT2D eigenvalue weighted by Crippen LogP contribution is -2.38. The van der Waals surface area contributed by atoms with Crippen LogP contribution in [0.15, 0.2) is 12.3 Å². The number of nitrogens with zero attached hydrogens (tertiary/aromatic N) is 4. The second-order valence-electron chi connectivity index (χ2n) is 7.65. The lowest BCUT2D eigenvalue weighted by Gasteiger charge is -2.24. The van der Waals surface area contributed by atoms with Crippen molar-refractivity contribution in [2.45, 2.75) is 66.5 Å². The van der Waals surface area contributed by atoms with E-state index in [2.05, 4.69) is 63.8 Å². The summed E-state index contributed by atoms with van der Waals surface area (Å²) in [6.07, 6.45) is 1.76. The minimum absolute atomic E-state index is 0.0533. The van der Waals surface area contributed by atoms with Crippen LogP contribution < -0.4 is 5.32 Å². The largest absolute Gasteiger partial charge is 0.351 e. The molecule has 0 aliphatic heterocycles. The zero-order chi connectivity index (χ0) is 19.4. The van der Waals surface area contributed by atoms with Crippen molar-refractivity contribution >= 4 is 16.9 Å². The highest BCUT2D eigenvalue weighted by Gasteiger charge is 2.19. The molecule has 2 heterocycles. The van der Waals surface area contributed by atoms with Gasteiger partial charge in [-0.2, -0.15) is 5.10 Å². The van der Waals surface area contributed by atoms with Gasteiger partial charge in [-0.15, -0.1) is 0 Å². The van der Waals surface area contributed by atoms with Crippen molar-refractivity contribution in [1.29, 1.82) is 0 Å². The van der Waals surface area contributed by atoms with E-state index in [1.807, 2.05) is 10.7 Å². The van der Waals surface area contributed by atoms with Gasteiger partial charge in [-0.05, 0) is 46.2 Å². The first-order valence-corrected chi connectivity index (χ1v) is 9.66. The zero-order valence-corrected chi connectivity index (χ0v) is 17.2. The maximum atomic E-state index is 12.9. The summed E-state index contributed by atoms with van der Waals surface area (Å²) in [5.41, 5.74) is 2.37. The molecule has 0 bridgehead atoms. The molecule has 2 aromatic heterocycles. The molecule has 0 saturated carbocycles. The van der Waals surface area contributed by atoms with Crippen LogP contribution in [0.3, 0.4) is 0 Å². The van der Waals surface area contributed by atoms with Crippen LogP contribution in [0.25, 0.3) is 11.0 Å². The number of likely N-dealkylation sites (N-methyl/N-ethyl adjacent to an activating group) is 1. The Hall–Kier alpha value is -1.95. The predicted molar refractivity (Wildman–Crippen MR) is 107 cm³/mol. The quantitative estimate of drug-likeness (QED) is 0.782. The molecule has 6 nitrogen and oxygen atoms in total. The minimum atomic E-state index is -0.0533. The molecule has 0 radical (unpaired) electrons. The smallest absolute Gasteiger partial charge is 0.252 e. The number of hydrogen-bond donors (Lipinski definition) is 1. The fraction of sp³-hybridized carbons (Fsp3) is 0.650. The van der Waals surface area contributed by atoms with Crippen LogP contribution in [-0.4, -0.2) is 51.2 Å². The molecule has 2 aromatic rings. The normalized spacial score (nSPS) is 12.1. The number of nitrogens with one attached hydrogen (secondary N) is 1. The molecular formula is C20H33N5O. The Bertz CT molecular complexity index is 748. The lowest BCUT2D eigenvalue weighted by molar-refractivity contribution is 0.0947. The average molecular weight is 360 g/mol. The Kier molecular flexibility index (Phi) is 6.75. The Morgan fingerprint density at radius 3 is 2.46 bits per heavy atom. The molecule has 26 heavy (non-hydrogen) atoms. The molecule has 1 N–H and O–H groups in total. The van der Waals surface area contributed by atoms with Gasteiger partial charge in [-0.1, -0.05) is 20.8 Å². The topological polar surface area (TPSA) is 63.1 Å². The average Bonchev–Trinajstić information content (AvgIpc) is 3.01. The highest BCUT2D eigenvalue weighted by atomic mass is 16.1. The molecular weight excluding hydrogens is 326 g/mol. The number of fused-ring (bicyclic) bond motifs is 1. The molecule has 0 spiro atoms. The van der Waals surface area contributed by atoms with Gasteiger partial charge in [0.2, 0.25) is 0 Å². The van der Waals surface area contributed by atoms with Gasteiger partial charge in [-0.3, -0.25) is 9.69 Å². The van der Waals surface area contributed by atoms with Crippen LogP contribution >= 0.6 is 0 Å². The van der Waals surface area contributed by atoms with E-state index in [4.69, 9.17) is 4.98 Å². The van der Waals surface area contributed by atoms with Gasteiger partial charge in [-0.25, -0.2) is 9.67 Å². The van der Waals surface area contributed by atoms with Gasteiger partial charge in [0.1, 0.15) is 0 Å². The van der Waals surface area contributed by atoms with E-state index in [1.54, 1.807) is 6.20 Å². The van der Waals surface area contributed by atoms with Gasteiger partial charge in [0, 0.05) is 30.9 Å². The van der Waals surface area contributed by atoms with Gasteiger partial charge in [0.05, 0.1) is 17.1 Å². The monoisotopic (exact) mass is 359 g/mol. The maximum absolute atomic E-state index is 12.9. The second kappa shape index (κ2) is 8.62. The van der Waals surface area contributed by atoms with Crippen LogP contribution in [0.4, 0.5) is 0 Å². The SMILES string of the molecule is CCN(CCNC(=O)c1cc(C(C)C)nc2c1cnn2C(C)C)C(C)C. The number of hydrogen-bond acceptors (Lipinski definition) is 4. The maximum Gasteiger partial charge on any atom is 0.252 e. The van der Waals surface area contributed by atoms with Crippen molar-refractivity contribution in [2.24, 2.45) is 0 Å². The molecule has 0 fully saturated rings. The summed E-state index contributed by atoms with van der Waals surface area (Å²) in [6.45, 7) is 17.3. The number of carbonyl (C=O) groups excluding carboxylic acids is 1. The summed E-state index contributed by atoms with van der Waals surface area (Å²) < 4.78 is 1.88. The standard InChI is InChI=1S/C20H33N5O/c1-8-24(14(4)5)10-9-21-20(26)16-11-18(13(2)3)23-19-17(16)12-22-25(19)15(6)7/h11-15H,8-10H2,1-7H3,(H,21,26). The van der Waals surface area contributed by atoms with Gasteiger partial charge in [0.25, 0.3) is 5.91 Å². The Morgan fingerprint density at radius 1 is 1.23 bits per heavy atom. The number of pyridine rings is 1. The summed E-state index contributed by atoms with van der Waals surface area (Å²) >= 11 is 0. The summed E-state index contributed by atoms with van der Waals surface area (Å²) in [7, 11) is 0. The molecule has 0 aliphatic carbocycles. The molecule has 0 aromatic carbocycles. The van der Waals surface area contributed by atoms with Crippen molar-refractivity contribution in [3.05, 3.63) is 23.5 Å². The summed E-state index contributed by atoms with van der Waals surface area (Å²) in [5.74, 6) is 0.195. The molecule has 1 amide bonds. The van der Waals surface area contributed by atoms with Gasteiger partial charge in [0.15, 0.2) is 5.65 Å². The first-order chi connectivity index (χ1) is 12.3. The summed E-state index contributed by atoms with van der Waals surface area (Å²) in [6, 6.07) is 2.58.